The predicted octanol–water partition coefficient (Wildman–Crippen LogP) is 1.22. The van der Waals surface area contributed by atoms with Crippen molar-refractivity contribution in [2.75, 3.05) is 25.1 Å². The minimum atomic E-state index is -0.440. The summed E-state index contributed by atoms with van der Waals surface area (Å²) >= 11 is 0. The normalized spacial score (nSPS) is 18.5. The van der Waals surface area contributed by atoms with Gasteiger partial charge in [-0.2, -0.15) is 0 Å². The molecule has 1 aromatic carbocycles. The van der Waals surface area contributed by atoms with Gasteiger partial charge in [-0.1, -0.05) is 6.07 Å². The van der Waals surface area contributed by atoms with Crippen LogP contribution in [0.5, 0.6) is 0 Å². The lowest BCUT2D eigenvalue weighted by atomic mass is 10.1. The van der Waals surface area contributed by atoms with Crippen LogP contribution >= 0.6 is 0 Å². The van der Waals surface area contributed by atoms with Crippen LogP contribution in [0.4, 0.5) is 14.9 Å². The fourth-order valence-corrected chi connectivity index (χ4v) is 2.37. The van der Waals surface area contributed by atoms with Crippen molar-refractivity contribution in [1.29, 1.82) is 0 Å². The summed E-state index contributed by atoms with van der Waals surface area (Å²) in [5.74, 6) is -0.288. The van der Waals surface area contributed by atoms with Crippen LogP contribution in [0.25, 0.3) is 0 Å². The van der Waals surface area contributed by atoms with Crippen LogP contribution in [-0.2, 0) is 11.3 Å². The molecule has 0 saturated carbocycles. The van der Waals surface area contributed by atoms with Gasteiger partial charge in [0.2, 0.25) is 0 Å². The van der Waals surface area contributed by atoms with Crippen molar-refractivity contribution in [3.8, 4) is 0 Å². The summed E-state index contributed by atoms with van der Waals surface area (Å²) in [7, 11) is 1.33. The molecule has 0 radical (unpaired) electrons. The van der Waals surface area contributed by atoms with E-state index in [1.807, 2.05) is 11.0 Å². The molecule has 19 heavy (non-hydrogen) atoms. The highest BCUT2D eigenvalue weighted by atomic mass is 19.1. The Morgan fingerprint density at radius 2 is 2.42 bits per heavy atom. The SMILES string of the molecule is COC(=O)NC1CCN(c2cccc(F)c2CN)C1. The van der Waals surface area contributed by atoms with Gasteiger partial charge in [0, 0.05) is 30.9 Å². The number of methoxy groups -OCH3 is 1. The Kier molecular flexibility index (Phi) is 4.21. The number of benzene rings is 1. The van der Waals surface area contributed by atoms with Gasteiger partial charge in [0.05, 0.1) is 13.2 Å². The molecule has 1 aliphatic heterocycles. The first kappa shape index (κ1) is 13.6. The standard InChI is InChI=1S/C13H18FN3O2/c1-19-13(18)16-9-5-6-17(8-9)12-4-2-3-11(14)10(12)7-15/h2-4,9H,5-8,15H2,1H3,(H,16,18). The van der Waals surface area contributed by atoms with E-state index in [1.54, 1.807) is 6.07 Å². The molecule has 1 heterocycles. The minimum absolute atomic E-state index is 0.0151. The number of halogens is 1. The number of carbonyl (C=O) groups is 1. The van der Waals surface area contributed by atoms with E-state index in [0.717, 1.165) is 18.7 Å². The van der Waals surface area contributed by atoms with E-state index in [2.05, 4.69) is 10.1 Å². The quantitative estimate of drug-likeness (QED) is 0.864. The van der Waals surface area contributed by atoms with Crippen LogP contribution in [0.2, 0.25) is 0 Å². The first-order chi connectivity index (χ1) is 9.15. The molecule has 1 aliphatic rings. The molecule has 1 aromatic rings. The van der Waals surface area contributed by atoms with Gasteiger partial charge in [0.15, 0.2) is 0 Å². The van der Waals surface area contributed by atoms with Gasteiger partial charge in [-0.05, 0) is 18.6 Å². The van der Waals surface area contributed by atoms with Crippen LogP contribution < -0.4 is 16.0 Å². The van der Waals surface area contributed by atoms with E-state index >= 15 is 0 Å². The van der Waals surface area contributed by atoms with Crippen molar-refractivity contribution in [1.82, 2.24) is 5.32 Å². The number of carbonyl (C=O) groups excluding carboxylic acids is 1. The molecule has 0 aliphatic carbocycles. The van der Waals surface area contributed by atoms with E-state index in [4.69, 9.17) is 5.73 Å². The van der Waals surface area contributed by atoms with Crippen molar-refractivity contribution in [2.45, 2.75) is 19.0 Å². The molecule has 6 heteroatoms. The number of hydrogen-bond acceptors (Lipinski definition) is 4. The zero-order valence-electron chi connectivity index (χ0n) is 10.9. The zero-order chi connectivity index (χ0) is 13.8. The Morgan fingerprint density at radius 1 is 1.63 bits per heavy atom. The summed E-state index contributed by atoms with van der Waals surface area (Å²) < 4.78 is 18.2. The van der Waals surface area contributed by atoms with Gasteiger partial charge in [0.1, 0.15) is 5.82 Å². The Morgan fingerprint density at radius 3 is 3.11 bits per heavy atom. The van der Waals surface area contributed by atoms with Gasteiger partial charge < -0.3 is 20.7 Å². The second kappa shape index (κ2) is 5.88. The lowest BCUT2D eigenvalue weighted by molar-refractivity contribution is 0.167. The van der Waals surface area contributed by atoms with E-state index in [1.165, 1.54) is 13.2 Å². The van der Waals surface area contributed by atoms with Crippen LogP contribution in [0.3, 0.4) is 0 Å². The number of ether oxygens (including phenoxy) is 1. The van der Waals surface area contributed by atoms with Crippen LogP contribution in [0.1, 0.15) is 12.0 Å². The van der Waals surface area contributed by atoms with Gasteiger partial charge in [-0.15, -0.1) is 0 Å². The second-order valence-electron chi connectivity index (χ2n) is 4.51. The fraction of sp³-hybridized carbons (Fsp3) is 0.462. The minimum Gasteiger partial charge on any atom is -0.453 e. The molecule has 104 valence electrons. The highest BCUT2D eigenvalue weighted by molar-refractivity contribution is 5.67. The number of nitrogens with zero attached hydrogens (tertiary/aromatic N) is 1. The summed E-state index contributed by atoms with van der Waals surface area (Å²) in [6.45, 7) is 1.55. The Labute approximate surface area is 111 Å². The topological polar surface area (TPSA) is 67.6 Å². The fourth-order valence-electron chi connectivity index (χ4n) is 2.37. The van der Waals surface area contributed by atoms with Gasteiger partial charge >= 0.3 is 6.09 Å². The van der Waals surface area contributed by atoms with Gasteiger partial charge in [-0.3, -0.25) is 0 Å². The van der Waals surface area contributed by atoms with E-state index in [9.17, 15) is 9.18 Å². The summed E-state index contributed by atoms with van der Waals surface area (Å²) in [5, 5.41) is 2.75. The number of hydrogen-bond donors (Lipinski definition) is 2. The molecule has 1 unspecified atom stereocenters. The van der Waals surface area contributed by atoms with Crippen LogP contribution in [0, 0.1) is 5.82 Å². The van der Waals surface area contributed by atoms with Crippen molar-refractivity contribution < 1.29 is 13.9 Å². The number of nitrogens with two attached hydrogens (primary N) is 1. The summed E-state index contributed by atoms with van der Waals surface area (Å²) in [5.41, 5.74) is 6.92. The highest BCUT2D eigenvalue weighted by Crippen LogP contribution is 2.26. The number of anilines is 1. The second-order valence-corrected chi connectivity index (χ2v) is 4.51. The Hall–Kier alpha value is -1.82. The first-order valence-electron chi connectivity index (χ1n) is 6.22. The molecule has 0 spiro atoms. The molecular weight excluding hydrogens is 249 g/mol. The third-order valence-electron chi connectivity index (χ3n) is 3.33. The molecule has 2 rings (SSSR count). The average Bonchev–Trinajstić information content (AvgIpc) is 2.86. The van der Waals surface area contributed by atoms with Crippen molar-refractivity contribution >= 4 is 11.8 Å². The highest BCUT2D eigenvalue weighted by Gasteiger charge is 2.26. The van der Waals surface area contributed by atoms with Gasteiger partial charge in [0.25, 0.3) is 0 Å². The zero-order valence-corrected chi connectivity index (χ0v) is 10.9. The summed E-state index contributed by atoms with van der Waals surface area (Å²) in [6.07, 6.45) is 0.362. The van der Waals surface area contributed by atoms with Crippen LogP contribution in [0.15, 0.2) is 18.2 Å². The van der Waals surface area contributed by atoms with Crippen molar-refractivity contribution in [2.24, 2.45) is 5.73 Å². The molecule has 1 amide bonds. The molecule has 1 fully saturated rings. The summed E-state index contributed by atoms with van der Waals surface area (Å²) in [4.78, 5) is 13.2. The van der Waals surface area contributed by atoms with E-state index < -0.39 is 6.09 Å². The maximum absolute atomic E-state index is 13.7. The first-order valence-corrected chi connectivity index (χ1v) is 6.22. The third-order valence-corrected chi connectivity index (χ3v) is 3.33. The van der Waals surface area contributed by atoms with E-state index in [-0.39, 0.29) is 18.4 Å². The third kappa shape index (κ3) is 2.96. The number of alkyl carbamates (subject to hydrolysis) is 1. The van der Waals surface area contributed by atoms with Crippen LogP contribution in [-0.4, -0.2) is 32.3 Å². The number of amides is 1. The Balaban J connectivity index is 2.09. The molecule has 3 N–H and O–H groups in total. The predicted molar refractivity (Wildman–Crippen MR) is 70.5 cm³/mol. The molecular formula is C13H18FN3O2. The smallest absolute Gasteiger partial charge is 0.407 e. The average molecular weight is 267 g/mol. The molecule has 0 bridgehead atoms. The molecule has 1 atom stereocenters. The lowest BCUT2D eigenvalue weighted by Gasteiger charge is -2.22. The number of rotatable bonds is 3. The summed E-state index contributed by atoms with van der Waals surface area (Å²) in [6, 6.07) is 4.95. The van der Waals surface area contributed by atoms with Crippen molar-refractivity contribution in [3.05, 3.63) is 29.6 Å². The molecule has 1 saturated heterocycles. The molecule has 0 aromatic heterocycles. The van der Waals surface area contributed by atoms with E-state index in [0.29, 0.717) is 12.1 Å². The maximum atomic E-state index is 13.7. The van der Waals surface area contributed by atoms with Gasteiger partial charge in [-0.25, -0.2) is 9.18 Å². The largest absolute Gasteiger partial charge is 0.453 e. The molecule has 5 nitrogen and oxygen atoms in total. The van der Waals surface area contributed by atoms with Crippen molar-refractivity contribution in [3.63, 3.8) is 0 Å². The maximum Gasteiger partial charge on any atom is 0.407 e. The number of nitrogens with one attached hydrogen (secondary N) is 1. The monoisotopic (exact) mass is 267 g/mol. The Bertz CT molecular complexity index is 467. The lowest BCUT2D eigenvalue weighted by Crippen LogP contribution is -2.37.